The molecule has 0 fully saturated rings. The first-order chi connectivity index (χ1) is 9.49. The van der Waals surface area contributed by atoms with Crippen LogP contribution in [0.4, 0.5) is 5.69 Å². The maximum absolute atomic E-state index is 12.1. The molecule has 0 spiro atoms. The lowest BCUT2D eigenvalue weighted by Gasteiger charge is -2.28. The first-order valence-corrected chi connectivity index (χ1v) is 8.01. The lowest BCUT2D eigenvalue weighted by Crippen LogP contribution is -2.35. The highest BCUT2D eigenvalue weighted by Gasteiger charge is 2.24. The molecule has 1 heterocycles. The molecule has 1 N–H and O–H groups in total. The van der Waals surface area contributed by atoms with Crippen LogP contribution < -0.4 is 9.62 Å². The van der Waals surface area contributed by atoms with Gasteiger partial charge in [-0.05, 0) is 37.1 Å². The van der Waals surface area contributed by atoms with Crippen molar-refractivity contribution in [2.24, 2.45) is 0 Å². The van der Waals surface area contributed by atoms with Gasteiger partial charge in [-0.2, -0.15) is 0 Å². The SMILES string of the molecule is C=CCNS(=O)(=O)c1ccc2c(c1)CCC(=O)N2CC. The van der Waals surface area contributed by atoms with E-state index in [1.165, 1.54) is 12.1 Å². The number of carbonyl (C=O) groups is 1. The first-order valence-electron chi connectivity index (χ1n) is 6.53. The molecule has 0 saturated heterocycles. The molecule has 0 saturated carbocycles. The number of hydrogen-bond donors (Lipinski definition) is 1. The average Bonchev–Trinajstić information content (AvgIpc) is 2.44. The summed E-state index contributed by atoms with van der Waals surface area (Å²) >= 11 is 0. The Morgan fingerprint density at radius 1 is 1.40 bits per heavy atom. The minimum atomic E-state index is -3.52. The topological polar surface area (TPSA) is 66.5 Å². The standard InChI is InChI=1S/C14H18N2O3S/c1-3-9-15-20(18,19)12-6-7-13-11(10-12)5-8-14(17)16(13)4-2/h3,6-7,10,15H,1,4-5,8-9H2,2H3. The fourth-order valence-electron chi connectivity index (χ4n) is 2.30. The molecule has 20 heavy (non-hydrogen) atoms. The van der Waals surface area contributed by atoms with Crippen LogP contribution in [-0.4, -0.2) is 27.4 Å². The van der Waals surface area contributed by atoms with Gasteiger partial charge in [0.05, 0.1) is 4.90 Å². The van der Waals surface area contributed by atoms with Crippen LogP contribution in [0.3, 0.4) is 0 Å². The van der Waals surface area contributed by atoms with Crippen LogP contribution in [0, 0.1) is 0 Å². The quantitative estimate of drug-likeness (QED) is 0.836. The Morgan fingerprint density at radius 2 is 2.15 bits per heavy atom. The maximum Gasteiger partial charge on any atom is 0.240 e. The van der Waals surface area contributed by atoms with Gasteiger partial charge in [0.1, 0.15) is 0 Å². The molecule has 5 nitrogen and oxygen atoms in total. The summed E-state index contributed by atoms with van der Waals surface area (Å²) in [5.74, 6) is 0.0837. The Morgan fingerprint density at radius 3 is 2.80 bits per heavy atom. The van der Waals surface area contributed by atoms with E-state index in [2.05, 4.69) is 11.3 Å². The molecule has 1 aromatic carbocycles. The average molecular weight is 294 g/mol. The summed E-state index contributed by atoms with van der Waals surface area (Å²) < 4.78 is 26.5. The molecule has 0 bridgehead atoms. The van der Waals surface area contributed by atoms with Crippen molar-refractivity contribution in [2.45, 2.75) is 24.7 Å². The van der Waals surface area contributed by atoms with Crippen LogP contribution in [0.15, 0.2) is 35.7 Å². The zero-order chi connectivity index (χ0) is 14.8. The van der Waals surface area contributed by atoms with Gasteiger partial charge in [0.15, 0.2) is 0 Å². The minimum absolute atomic E-state index is 0.0837. The van der Waals surface area contributed by atoms with E-state index >= 15 is 0 Å². The molecule has 0 radical (unpaired) electrons. The van der Waals surface area contributed by atoms with Crippen LogP contribution in [0.1, 0.15) is 18.9 Å². The molecule has 1 amide bonds. The van der Waals surface area contributed by atoms with Gasteiger partial charge in [0, 0.05) is 25.2 Å². The Bertz CT molecular complexity index is 638. The summed E-state index contributed by atoms with van der Waals surface area (Å²) in [7, 11) is -3.52. The van der Waals surface area contributed by atoms with Crippen LogP contribution in [-0.2, 0) is 21.2 Å². The van der Waals surface area contributed by atoms with E-state index in [0.29, 0.717) is 19.4 Å². The van der Waals surface area contributed by atoms with Crippen LogP contribution in [0.5, 0.6) is 0 Å². The molecule has 0 aliphatic carbocycles. The van der Waals surface area contributed by atoms with Gasteiger partial charge in [-0.15, -0.1) is 6.58 Å². The van der Waals surface area contributed by atoms with Gasteiger partial charge in [0.2, 0.25) is 15.9 Å². The number of aryl methyl sites for hydroxylation is 1. The fraction of sp³-hybridized carbons (Fsp3) is 0.357. The van der Waals surface area contributed by atoms with E-state index < -0.39 is 10.0 Å². The van der Waals surface area contributed by atoms with E-state index in [4.69, 9.17) is 0 Å². The summed E-state index contributed by atoms with van der Waals surface area (Å²) in [5.41, 5.74) is 1.71. The van der Waals surface area contributed by atoms with E-state index in [0.717, 1.165) is 11.3 Å². The van der Waals surface area contributed by atoms with Crippen LogP contribution >= 0.6 is 0 Å². The molecular formula is C14H18N2O3S. The Labute approximate surface area is 119 Å². The summed E-state index contributed by atoms with van der Waals surface area (Å²) in [6.45, 7) is 6.18. The number of amides is 1. The largest absolute Gasteiger partial charge is 0.312 e. The molecule has 1 aliphatic rings. The van der Waals surface area contributed by atoms with Crippen molar-refractivity contribution in [3.8, 4) is 0 Å². The lowest BCUT2D eigenvalue weighted by atomic mass is 10.0. The molecule has 2 rings (SSSR count). The number of nitrogens with one attached hydrogen (secondary N) is 1. The smallest absolute Gasteiger partial charge is 0.240 e. The maximum atomic E-state index is 12.1. The van der Waals surface area contributed by atoms with Crippen molar-refractivity contribution >= 4 is 21.6 Å². The summed E-state index contributed by atoms with van der Waals surface area (Å²) in [6.07, 6.45) is 2.49. The number of nitrogens with zero attached hydrogens (tertiary/aromatic N) is 1. The summed E-state index contributed by atoms with van der Waals surface area (Å²) in [4.78, 5) is 13.7. The van der Waals surface area contributed by atoms with E-state index in [1.54, 1.807) is 17.0 Å². The number of hydrogen-bond acceptors (Lipinski definition) is 3. The summed E-state index contributed by atoms with van der Waals surface area (Å²) in [5, 5.41) is 0. The van der Waals surface area contributed by atoms with Crippen molar-refractivity contribution in [1.29, 1.82) is 0 Å². The van der Waals surface area contributed by atoms with Crippen molar-refractivity contribution in [2.75, 3.05) is 18.0 Å². The van der Waals surface area contributed by atoms with Crippen molar-refractivity contribution in [3.05, 3.63) is 36.4 Å². The number of fused-ring (bicyclic) bond motifs is 1. The van der Waals surface area contributed by atoms with Crippen LogP contribution in [0.25, 0.3) is 0 Å². The van der Waals surface area contributed by atoms with Crippen molar-refractivity contribution in [1.82, 2.24) is 4.72 Å². The zero-order valence-electron chi connectivity index (χ0n) is 11.4. The molecule has 6 heteroatoms. The molecule has 108 valence electrons. The third-order valence-corrected chi connectivity index (χ3v) is 4.72. The van der Waals surface area contributed by atoms with E-state index in [9.17, 15) is 13.2 Å². The van der Waals surface area contributed by atoms with Gasteiger partial charge < -0.3 is 4.90 Å². The van der Waals surface area contributed by atoms with Gasteiger partial charge >= 0.3 is 0 Å². The number of carbonyl (C=O) groups excluding carboxylic acids is 1. The molecular weight excluding hydrogens is 276 g/mol. The predicted molar refractivity (Wildman–Crippen MR) is 78.2 cm³/mol. The first kappa shape index (κ1) is 14.7. The third kappa shape index (κ3) is 2.76. The fourth-order valence-corrected chi connectivity index (χ4v) is 3.35. The Balaban J connectivity index is 2.38. The van der Waals surface area contributed by atoms with Crippen molar-refractivity contribution in [3.63, 3.8) is 0 Å². The summed E-state index contributed by atoms with van der Waals surface area (Å²) in [6, 6.07) is 4.89. The van der Waals surface area contributed by atoms with Gasteiger partial charge in [0.25, 0.3) is 0 Å². The second-order valence-electron chi connectivity index (χ2n) is 4.57. The van der Waals surface area contributed by atoms with Gasteiger partial charge in [-0.25, -0.2) is 13.1 Å². The highest BCUT2D eigenvalue weighted by atomic mass is 32.2. The molecule has 0 aromatic heterocycles. The molecule has 1 aromatic rings. The third-order valence-electron chi connectivity index (χ3n) is 3.30. The monoisotopic (exact) mass is 294 g/mol. The number of sulfonamides is 1. The van der Waals surface area contributed by atoms with Gasteiger partial charge in [-0.3, -0.25) is 4.79 Å². The van der Waals surface area contributed by atoms with E-state index in [1.807, 2.05) is 6.92 Å². The van der Waals surface area contributed by atoms with Crippen molar-refractivity contribution < 1.29 is 13.2 Å². The number of anilines is 1. The van der Waals surface area contributed by atoms with E-state index in [-0.39, 0.29) is 17.3 Å². The Kier molecular flexibility index (Phi) is 4.25. The second kappa shape index (κ2) is 5.76. The normalized spacial score (nSPS) is 15.1. The number of benzene rings is 1. The highest BCUT2D eigenvalue weighted by molar-refractivity contribution is 7.89. The molecule has 0 atom stereocenters. The molecule has 0 unspecified atom stereocenters. The highest BCUT2D eigenvalue weighted by Crippen LogP contribution is 2.29. The molecule has 1 aliphatic heterocycles. The second-order valence-corrected chi connectivity index (χ2v) is 6.34. The lowest BCUT2D eigenvalue weighted by molar-refractivity contribution is -0.118. The predicted octanol–water partition coefficient (Wildman–Crippen LogP) is 1.45. The number of rotatable bonds is 5. The Hall–Kier alpha value is -1.66. The van der Waals surface area contributed by atoms with Gasteiger partial charge in [-0.1, -0.05) is 6.08 Å². The van der Waals surface area contributed by atoms with Crippen LogP contribution in [0.2, 0.25) is 0 Å². The zero-order valence-corrected chi connectivity index (χ0v) is 12.2. The minimum Gasteiger partial charge on any atom is -0.312 e.